The van der Waals surface area contributed by atoms with E-state index in [1.165, 1.54) is 25.2 Å². The van der Waals surface area contributed by atoms with Gasteiger partial charge in [-0.2, -0.15) is 13.2 Å². The highest BCUT2D eigenvalue weighted by molar-refractivity contribution is 7.92. The van der Waals surface area contributed by atoms with Crippen LogP contribution in [0, 0.1) is 0 Å². The number of sulfone groups is 1. The molecular weight excluding hydrogens is 503 g/mol. The molecule has 0 fully saturated rings. The van der Waals surface area contributed by atoms with Gasteiger partial charge in [-0.25, -0.2) is 26.5 Å². The molecule has 1 aromatic heterocycles. The maximum absolute atomic E-state index is 12.7. The maximum Gasteiger partial charge on any atom is 0.501 e. The van der Waals surface area contributed by atoms with Crippen LogP contribution < -0.4 is 4.72 Å². The molecule has 1 heterocycles. The number of hydrogen-bond acceptors (Lipinski definition) is 5. The molecular formula is C23H18F3N3O4S2. The molecule has 0 bridgehead atoms. The number of hydrogen-bond donors (Lipinski definition) is 2. The third-order valence-corrected chi connectivity index (χ3v) is 8.16. The Bertz CT molecular complexity index is 1640. The number of fused-ring (bicyclic) bond motifs is 1. The van der Waals surface area contributed by atoms with Crippen LogP contribution in [0.1, 0.15) is 11.4 Å². The first kappa shape index (κ1) is 24.6. The first-order valence-electron chi connectivity index (χ1n) is 10.0. The molecule has 182 valence electrons. The summed E-state index contributed by atoms with van der Waals surface area (Å²) in [4.78, 5) is 6.82. The summed E-state index contributed by atoms with van der Waals surface area (Å²) in [7, 11) is -7.74. The van der Waals surface area contributed by atoms with Crippen molar-refractivity contribution in [2.45, 2.75) is 15.3 Å². The summed E-state index contributed by atoms with van der Waals surface area (Å²) < 4.78 is 88.0. The van der Waals surface area contributed by atoms with Gasteiger partial charge in [0.1, 0.15) is 5.82 Å². The Kier molecular flexibility index (Phi) is 6.30. The number of aromatic amines is 1. The van der Waals surface area contributed by atoms with Gasteiger partial charge in [0.25, 0.3) is 9.84 Å². The van der Waals surface area contributed by atoms with Gasteiger partial charge in [0, 0.05) is 5.56 Å². The van der Waals surface area contributed by atoms with Crippen molar-refractivity contribution in [2.75, 3.05) is 7.05 Å². The Morgan fingerprint density at radius 2 is 1.60 bits per heavy atom. The SMILES string of the molecule is CNS(=O)(=O)c1ccccc1-c1ccc2nc(C=Cc3ccc(S(=O)(=O)C(F)(F)F)cc3)[nH]c2c1. The average Bonchev–Trinajstić information content (AvgIpc) is 3.24. The van der Waals surface area contributed by atoms with E-state index >= 15 is 0 Å². The fourth-order valence-corrected chi connectivity index (χ4v) is 5.11. The molecule has 0 aliphatic heterocycles. The minimum Gasteiger partial charge on any atom is -0.338 e. The summed E-state index contributed by atoms with van der Waals surface area (Å²) in [6.07, 6.45) is 3.16. The number of nitrogens with zero attached hydrogens (tertiary/aromatic N) is 1. The van der Waals surface area contributed by atoms with Gasteiger partial charge in [-0.3, -0.25) is 0 Å². The van der Waals surface area contributed by atoms with Crippen LogP contribution in [0.3, 0.4) is 0 Å². The number of aromatic nitrogens is 2. The lowest BCUT2D eigenvalue weighted by Crippen LogP contribution is -2.23. The quantitative estimate of drug-likeness (QED) is 0.386. The second-order valence-corrected chi connectivity index (χ2v) is 11.2. The molecule has 0 amide bonds. The number of benzene rings is 3. The zero-order valence-corrected chi connectivity index (χ0v) is 19.7. The number of halogens is 3. The van der Waals surface area contributed by atoms with Crippen LogP contribution in [0.5, 0.6) is 0 Å². The van der Waals surface area contributed by atoms with Crippen LogP contribution >= 0.6 is 0 Å². The third-order valence-electron chi connectivity index (χ3n) is 5.19. The molecule has 12 heteroatoms. The van der Waals surface area contributed by atoms with Gasteiger partial charge < -0.3 is 4.98 Å². The molecule has 0 aliphatic rings. The van der Waals surface area contributed by atoms with E-state index in [4.69, 9.17) is 0 Å². The molecule has 0 aliphatic carbocycles. The molecule has 4 rings (SSSR count). The summed E-state index contributed by atoms with van der Waals surface area (Å²) in [5.74, 6) is 0.445. The van der Waals surface area contributed by atoms with Gasteiger partial charge in [-0.05, 0) is 54.6 Å². The monoisotopic (exact) mass is 521 g/mol. The van der Waals surface area contributed by atoms with E-state index in [1.807, 2.05) is 0 Å². The summed E-state index contributed by atoms with van der Waals surface area (Å²) in [6.45, 7) is 0. The first-order chi connectivity index (χ1) is 16.4. The van der Waals surface area contributed by atoms with Gasteiger partial charge in [0.15, 0.2) is 0 Å². The Morgan fingerprint density at radius 1 is 0.914 bits per heavy atom. The molecule has 2 N–H and O–H groups in total. The van der Waals surface area contributed by atoms with E-state index < -0.39 is 30.3 Å². The van der Waals surface area contributed by atoms with E-state index in [0.29, 0.717) is 33.5 Å². The summed E-state index contributed by atoms with van der Waals surface area (Å²) in [5, 5.41) is 0. The number of sulfonamides is 1. The fraction of sp³-hybridized carbons (Fsp3) is 0.0870. The van der Waals surface area contributed by atoms with Gasteiger partial charge in [-0.1, -0.05) is 42.5 Å². The Balaban J connectivity index is 1.62. The lowest BCUT2D eigenvalue weighted by molar-refractivity contribution is -0.0436. The van der Waals surface area contributed by atoms with Crippen molar-refractivity contribution in [3.8, 4) is 11.1 Å². The van der Waals surface area contributed by atoms with Gasteiger partial charge >= 0.3 is 5.51 Å². The minimum atomic E-state index is -5.40. The minimum absolute atomic E-state index is 0.137. The summed E-state index contributed by atoms with van der Waals surface area (Å²) in [5.41, 5.74) is -2.45. The van der Waals surface area contributed by atoms with E-state index in [2.05, 4.69) is 14.7 Å². The standard InChI is InChI=1S/C23H18F3N3O4S2/c1-27-35(32,33)21-5-3-2-4-18(21)16-9-12-19-20(14-16)29-22(28-19)13-8-15-6-10-17(11-7-15)34(30,31)23(24,25)26/h2-14,27H,1H3,(H,28,29). The van der Waals surface area contributed by atoms with Gasteiger partial charge in [0.05, 0.1) is 20.8 Å². The molecule has 0 saturated heterocycles. The molecule has 3 aromatic carbocycles. The molecule has 35 heavy (non-hydrogen) atoms. The van der Waals surface area contributed by atoms with Crippen molar-refractivity contribution in [2.24, 2.45) is 0 Å². The molecule has 0 unspecified atom stereocenters. The number of rotatable bonds is 6. The largest absolute Gasteiger partial charge is 0.501 e. The highest BCUT2D eigenvalue weighted by Crippen LogP contribution is 2.31. The molecule has 0 saturated carbocycles. The van der Waals surface area contributed by atoms with E-state index in [-0.39, 0.29) is 4.90 Å². The highest BCUT2D eigenvalue weighted by atomic mass is 32.2. The van der Waals surface area contributed by atoms with Crippen LogP contribution in [0.25, 0.3) is 34.3 Å². The molecule has 0 radical (unpaired) electrons. The topological polar surface area (TPSA) is 109 Å². The van der Waals surface area contributed by atoms with Crippen LogP contribution in [0.15, 0.2) is 76.5 Å². The molecule has 0 spiro atoms. The van der Waals surface area contributed by atoms with E-state index in [9.17, 15) is 30.0 Å². The lowest BCUT2D eigenvalue weighted by atomic mass is 10.1. The van der Waals surface area contributed by atoms with Crippen LogP contribution in [-0.2, 0) is 19.9 Å². The fourth-order valence-electron chi connectivity index (χ4n) is 3.39. The summed E-state index contributed by atoms with van der Waals surface area (Å²) >= 11 is 0. The van der Waals surface area contributed by atoms with Crippen molar-refractivity contribution in [1.29, 1.82) is 0 Å². The highest BCUT2D eigenvalue weighted by Gasteiger charge is 2.46. The van der Waals surface area contributed by atoms with Crippen molar-refractivity contribution < 1.29 is 30.0 Å². The second-order valence-electron chi connectivity index (χ2n) is 7.41. The Hall–Kier alpha value is -3.48. The van der Waals surface area contributed by atoms with Crippen molar-refractivity contribution in [1.82, 2.24) is 14.7 Å². The Morgan fingerprint density at radius 3 is 2.26 bits per heavy atom. The maximum atomic E-state index is 12.7. The number of imidazole rings is 1. The van der Waals surface area contributed by atoms with Crippen LogP contribution in [0.2, 0.25) is 0 Å². The molecule has 0 atom stereocenters. The normalized spacial score (nSPS) is 13.0. The first-order valence-corrected chi connectivity index (χ1v) is 13.0. The average molecular weight is 522 g/mol. The predicted octanol–water partition coefficient (Wildman–Crippen LogP) is 4.60. The zero-order chi connectivity index (χ0) is 25.4. The van der Waals surface area contributed by atoms with Gasteiger partial charge in [-0.15, -0.1) is 0 Å². The van der Waals surface area contributed by atoms with Crippen LogP contribution in [-0.4, -0.2) is 39.4 Å². The van der Waals surface area contributed by atoms with Gasteiger partial charge in [0.2, 0.25) is 10.0 Å². The van der Waals surface area contributed by atoms with Crippen molar-refractivity contribution in [3.63, 3.8) is 0 Å². The third kappa shape index (κ3) is 4.85. The zero-order valence-electron chi connectivity index (χ0n) is 18.0. The van der Waals surface area contributed by atoms with Crippen molar-refractivity contribution >= 4 is 43.0 Å². The van der Waals surface area contributed by atoms with E-state index in [0.717, 1.165) is 12.1 Å². The number of alkyl halides is 3. The molecule has 4 aromatic rings. The predicted molar refractivity (Wildman–Crippen MR) is 126 cm³/mol. The molecule has 7 nitrogen and oxygen atoms in total. The Labute approximate surface area is 199 Å². The second kappa shape index (κ2) is 8.95. The van der Waals surface area contributed by atoms with Crippen LogP contribution in [0.4, 0.5) is 13.2 Å². The number of nitrogens with one attached hydrogen (secondary N) is 2. The van der Waals surface area contributed by atoms with E-state index in [1.54, 1.807) is 48.6 Å². The lowest BCUT2D eigenvalue weighted by Gasteiger charge is -2.09. The summed E-state index contributed by atoms with van der Waals surface area (Å²) in [6, 6.07) is 16.1. The smallest absolute Gasteiger partial charge is 0.338 e. The number of H-pyrrole nitrogens is 1. The van der Waals surface area contributed by atoms with Crippen molar-refractivity contribution in [3.05, 3.63) is 78.1 Å².